The minimum Gasteiger partial charge on any atom is -0.325 e. The molecule has 0 aromatic heterocycles. The maximum Gasteiger partial charge on any atom is 0.227 e. The summed E-state index contributed by atoms with van der Waals surface area (Å²) >= 11 is 0. The van der Waals surface area contributed by atoms with Crippen LogP contribution in [0.15, 0.2) is 18.2 Å². The summed E-state index contributed by atoms with van der Waals surface area (Å²) in [7, 11) is 0. The Morgan fingerprint density at radius 3 is 2.71 bits per heavy atom. The van der Waals surface area contributed by atoms with E-state index in [1.165, 1.54) is 0 Å². The highest BCUT2D eigenvalue weighted by Gasteiger charge is 2.29. The zero-order chi connectivity index (χ0) is 12.3. The Morgan fingerprint density at radius 1 is 1.35 bits per heavy atom. The maximum atomic E-state index is 11.6. The van der Waals surface area contributed by atoms with E-state index >= 15 is 0 Å². The van der Waals surface area contributed by atoms with Crippen molar-refractivity contribution in [2.24, 2.45) is 5.92 Å². The SMILES string of the molecule is O=CCc1ccc(C=O)c(NC(=O)C2CC2)c1. The summed E-state index contributed by atoms with van der Waals surface area (Å²) in [4.78, 5) is 32.9. The Morgan fingerprint density at radius 2 is 2.12 bits per heavy atom. The van der Waals surface area contributed by atoms with Crippen LogP contribution in [0, 0.1) is 5.92 Å². The summed E-state index contributed by atoms with van der Waals surface area (Å²) in [6, 6.07) is 5.01. The van der Waals surface area contributed by atoms with Gasteiger partial charge in [-0.1, -0.05) is 6.07 Å². The van der Waals surface area contributed by atoms with E-state index in [4.69, 9.17) is 0 Å². The highest BCUT2D eigenvalue weighted by molar-refractivity contribution is 5.98. The molecule has 0 unspecified atom stereocenters. The van der Waals surface area contributed by atoms with Gasteiger partial charge in [-0.3, -0.25) is 9.59 Å². The third kappa shape index (κ3) is 2.78. The van der Waals surface area contributed by atoms with E-state index in [1.807, 2.05) is 0 Å². The minimum absolute atomic E-state index is 0.0450. The van der Waals surface area contributed by atoms with Crippen molar-refractivity contribution in [1.29, 1.82) is 0 Å². The topological polar surface area (TPSA) is 63.2 Å². The van der Waals surface area contributed by atoms with Gasteiger partial charge in [-0.2, -0.15) is 0 Å². The van der Waals surface area contributed by atoms with Crippen molar-refractivity contribution >= 4 is 24.2 Å². The second-order valence-corrected chi connectivity index (χ2v) is 4.17. The number of amides is 1. The number of aldehydes is 2. The largest absolute Gasteiger partial charge is 0.325 e. The first-order valence-electron chi connectivity index (χ1n) is 5.57. The molecule has 0 spiro atoms. The summed E-state index contributed by atoms with van der Waals surface area (Å²) in [6.07, 6.45) is 3.60. The number of hydrogen-bond acceptors (Lipinski definition) is 3. The van der Waals surface area contributed by atoms with Crippen LogP contribution in [0.3, 0.4) is 0 Å². The van der Waals surface area contributed by atoms with Gasteiger partial charge in [-0.05, 0) is 30.5 Å². The Labute approximate surface area is 99.0 Å². The predicted molar refractivity (Wildman–Crippen MR) is 63.0 cm³/mol. The average molecular weight is 231 g/mol. The first kappa shape index (κ1) is 11.5. The molecule has 1 N–H and O–H groups in total. The highest BCUT2D eigenvalue weighted by atomic mass is 16.2. The number of carbonyl (C=O) groups is 3. The Kier molecular flexibility index (Phi) is 3.32. The zero-order valence-electron chi connectivity index (χ0n) is 9.31. The van der Waals surface area contributed by atoms with Gasteiger partial charge >= 0.3 is 0 Å². The Bertz CT molecular complexity index is 464. The second kappa shape index (κ2) is 4.91. The second-order valence-electron chi connectivity index (χ2n) is 4.17. The zero-order valence-corrected chi connectivity index (χ0v) is 9.31. The van der Waals surface area contributed by atoms with Crippen LogP contribution in [-0.2, 0) is 16.0 Å². The molecule has 1 aliphatic rings. The molecule has 1 saturated carbocycles. The molecule has 17 heavy (non-hydrogen) atoms. The lowest BCUT2D eigenvalue weighted by Gasteiger charge is -2.08. The van der Waals surface area contributed by atoms with Crippen molar-refractivity contribution in [1.82, 2.24) is 0 Å². The highest BCUT2D eigenvalue weighted by Crippen LogP contribution is 2.30. The number of carbonyl (C=O) groups excluding carboxylic acids is 3. The standard InChI is InChI=1S/C13H13NO3/c15-6-5-9-1-2-11(8-16)12(7-9)14-13(17)10-3-4-10/h1-2,6-8,10H,3-5H2,(H,14,17). The van der Waals surface area contributed by atoms with Gasteiger partial charge in [0.05, 0.1) is 5.69 Å². The fraction of sp³-hybridized carbons (Fsp3) is 0.308. The van der Waals surface area contributed by atoms with Crippen LogP contribution < -0.4 is 5.32 Å². The van der Waals surface area contributed by atoms with E-state index in [0.717, 1.165) is 24.7 Å². The van der Waals surface area contributed by atoms with Gasteiger partial charge in [0.2, 0.25) is 5.91 Å². The normalized spacial score (nSPS) is 14.1. The fourth-order valence-electron chi connectivity index (χ4n) is 1.62. The smallest absolute Gasteiger partial charge is 0.227 e. The predicted octanol–water partition coefficient (Wildman–Crippen LogP) is 1.59. The number of hydrogen-bond donors (Lipinski definition) is 1. The third-order valence-corrected chi connectivity index (χ3v) is 2.77. The number of nitrogens with one attached hydrogen (secondary N) is 1. The van der Waals surface area contributed by atoms with Crippen LogP contribution in [-0.4, -0.2) is 18.5 Å². The first-order chi connectivity index (χ1) is 8.24. The van der Waals surface area contributed by atoms with Crippen molar-refractivity contribution in [3.63, 3.8) is 0 Å². The van der Waals surface area contributed by atoms with Crippen LogP contribution in [0.2, 0.25) is 0 Å². The number of anilines is 1. The van der Waals surface area contributed by atoms with E-state index in [1.54, 1.807) is 18.2 Å². The van der Waals surface area contributed by atoms with Crippen LogP contribution in [0.5, 0.6) is 0 Å². The summed E-state index contributed by atoms with van der Waals surface area (Å²) in [6.45, 7) is 0. The molecule has 2 rings (SSSR count). The van der Waals surface area contributed by atoms with Gasteiger partial charge in [-0.25, -0.2) is 0 Å². The number of rotatable bonds is 5. The van der Waals surface area contributed by atoms with Crippen molar-refractivity contribution in [3.05, 3.63) is 29.3 Å². The first-order valence-corrected chi connectivity index (χ1v) is 5.57. The van der Waals surface area contributed by atoms with Gasteiger partial charge in [0.1, 0.15) is 6.29 Å². The molecule has 4 nitrogen and oxygen atoms in total. The van der Waals surface area contributed by atoms with E-state index in [0.29, 0.717) is 17.5 Å². The lowest BCUT2D eigenvalue weighted by molar-refractivity contribution is -0.117. The van der Waals surface area contributed by atoms with Crippen molar-refractivity contribution in [3.8, 4) is 0 Å². The van der Waals surface area contributed by atoms with Crippen LogP contribution in [0.1, 0.15) is 28.8 Å². The summed E-state index contributed by atoms with van der Waals surface area (Å²) in [5.74, 6) is 0.0422. The molecular weight excluding hydrogens is 218 g/mol. The molecule has 1 aliphatic carbocycles. The van der Waals surface area contributed by atoms with Crippen molar-refractivity contribution in [2.45, 2.75) is 19.3 Å². The van der Waals surface area contributed by atoms with E-state index in [2.05, 4.69) is 5.32 Å². The summed E-state index contributed by atoms with van der Waals surface area (Å²) < 4.78 is 0. The summed E-state index contributed by atoms with van der Waals surface area (Å²) in [5.41, 5.74) is 1.72. The molecule has 0 saturated heterocycles. The minimum atomic E-state index is -0.0450. The lowest BCUT2D eigenvalue weighted by Crippen LogP contribution is -2.14. The molecule has 0 radical (unpaired) electrons. The molecule has 0 bridgehead atoms. The average Bonchev–Trinajstić information content (AvgIpc) is 3.13. The molecule has 1 fully saturated rings. The molecule has 1 amide bonds. The van der Waals surface area contributed by atoms with E-state index in [-0.39, 0.29) is 18.2 Å². The van der Waals surface area contributed by atoms with Gasteiger partial charge < -0.3 is 10.1 Å². The Balaban J connectivity index is 2.21. The van der Waals surface area contributed by atoms with E-state index in [9.17, 15) is 14.4 Å². The summed E-state index contributed by atoms with van der Waals surface area (Å²) in [5, 5.41) is 2.74. The van der Waals surface area contributed by atoms with Crippen LogP contribution in [0.25, 0.3) is 0 Å². The molecular formula is C13H13NO3. The van der Waals surface area contributed by atoms with E-state index < -0.39 is 0 Å². The molecule has 0 aliphatic heterocycles. The molecule has 0 heterocycles. The monoisotopic (exact) mass is 231 g/mol. The quantitative estimate of drug-likeness (QED) is 0.783. The van der Waals surface area contributed by atoms with Gasteiger partial charge in [0.15, 0.2) is 6.29 Å². The number of benzene rings is 1. The lowest BCUT2D eigenvalue weighted by atomic mass is 10.1. The van der Waals surface area contributed by atoms with Gasteiger partial charge in [-0.15, -0.1) is 0 Å². The van der Waals surface area contributed by atoms with Gasteiger partial charge in [0, 0.05) is 17.9 Å². The molecule has 1 aromatic carbocycles. The molecule has 4 heteroatoms. The molecule has 0 atom stereocenters. The van der Waals surface area contributed by atoms with Crippen molar-refractivity contribution < 1.29 is 14.4 Å². The third-order valence-electron chi connectivity index (χ3n) is 2.77. The van der Waals surface area contributed by atoms with Gasteiger partial charge in [0.25, 0.3) is 0 Å². The van der Waals surface area contributed by atoms with Crippen molar-refractivity contribution in [2.75, 3.05) is 5.32 Å². The van der Waals surface area contributed by atoms with Crippen LogP contribution >= 0.6 is 0 Å². The molecule has 1 aromatic rings. The fourth-order valence-corrected chi connectivity index (χ4v) is 1.62. The maximum absolute atomic E-state index is 11.6. The van der Waals surface area contributed by atoms with Crippen LogP contribution in [0.4, 0.5) is 5.69 Å². The molecule has 88 valence electrons. The Hall–Kier alpha value is -1.97.